The molecule has 1 atom stereocenters. The smallest absolute Gasteiger partial charge is 0.0961 e. The van der Waals surface area contributed by atoms with Gasteiger partial charge in [0.25, 0.3) is 0 Å². The first-order valence-electron chi connectivity index (χ1n) is 5.17. The fourth-order valence-corrected chi connectivity index (χ4v) is 2.52. The molecule has 0 saturated carbocycles. The topological polar surface area (TPSA) is 29.9 Å². The van der Waals surface area contributed by atoms with Gasteiger partial charge in [0.1, 0.15) is 0 Å². The normalized spacial score (nSPS) is 21.3. The molecule has 3 rings (SSSR count). The molecule has 3 nitrogen and oxygen atoms in total. The van der Waals surface area contributed by atoms with Crippen LogP contribution in [-0.2, 0) is 0 Å². The summed E-state index contributed by atoms with van der Waals surface area (Å²) in [6.45, 7) is 2.16. The maximum Gasteiger partial charge on any atom is 0.0961 e. The molecule has 78 valence electrons. The third kappa shape index (κ3) is 1.58. The summed E-state index contributed by atoms with van der Waals surface area (Å²) in [5.41, 5.74) is 2.29. The van der Waals surface area contributed by atoms with Crippen molar-refractivity contribution in [1.29, 1.82) is 0 Å². The second-order valence-corrected chi connectivity index (χ2v) is 4.85. The molecule has 1 N–H and O–H groups in total. The average Bonchev–Trinajstić information content (AvgIpc) is 2.83. The summed E-state index contributed by atoms with van der Waals surface area (Å²) in [5.74, 6) is 0. The van der Waals surface area contributed by atoms with Crippen LogP contribution in [-0.4, -0.2) is 22.6 Å². The van der Waals surface area contributed by atoms with Crippen LogP contribution in [0.4, 0.5) is 0 Å². The van der Waals surface area contributed by atoms with Crippen LogP contribution in [0, 0.1) is 0 Å². The van der Waals surface area contributed by atoms with E-state index in [1.54, 1.807) is 0 Å². The lowest BCUT2D eigenvalue weighted by Crippen LogP contribution is -2.12. The fraction of sp³-hybridized carbons (Fsp3) is 0.364. The van der Waals surface area contributed by atoms with Crippen molar-refractivity contribution >= 4 is 27.0 Å². The van der Waals surface area contributed by atoms with E-state index in [1.807, 2.05) is 12.4 Å². The van der Waals surface area contributed by atoms with Gasteiger partial charge >= 0.3 is 0 Å². The Hall–Kier alpha value is -0.870. The van der Waals surface area contributed by atoms with Crippen LogP contribution in [0.15, 0.2) is 29.0 Å². The molecule has 4 heteroatoms. The van der Waals surface area contributed by atoms with Gasteiger partial charge in [-0.25, -0.2) is 4.98 Å². The van der Waals surface area contributed by atoms with Crippen molar-refractivity contribution in [3.8, 4) is 0 Å². The zero-order chi connectivity index (χ0) is 10.3. The highest BCUT2D eigenvalue weighted by atomic mass is 79.9. The van der Waals surface area contributed by atoms with Crippen molar-refractivity contribution in [3.05, 3.63) is 29.0 Å². The molecule has 2 aromatic rings. The minimum absolute atomic E-state index is 0.560. The van der Waals surface area contributed by atoms with E-state index in [0.29, 0.717) is 6.04 Å². The SMILES string of the molecule is Brc1ccc2ncn(C3CCNC3)c2c1. The van der Waals surface area contributed by atoms with Crippen LogP contribution in [0.25, 0.3) is 11.0 Å². The lowest BCUT2D eigenvalue weighted by molar-refractivity contribution is 0.561. The molecule has 15 heavy (non-hydrogen) atoms. The molecular formula is C11H12BrN3. The maximum absolute atomic E-state index is 4.42. The monoisotopic (exact) mass is 265 g/mol. The first-order chi connectivity index (χ1) is 7.34. The standard InChI is InChI=1S/C11H12BrN3/c12-8-1-2-10-11(5-8)15(7-14-10)9-3-4-13-6-9/h1-2,5,7,9,13H,3-4,6H2. The Morgan fingerprint density at radius 1 is 1.47 bits per heavy atom. The Labute approximate surface area is 96.6 Å². The van der Waals surface area contributed by atoms with Crippen molar-refractivity contribution in [2.24, 2.45) is 0 Å². The Morgan fingerprint density at radius 3 is 3.20 bits per heavy atom. The number of hydrogen-bond donors (Lipinski definition) is 1. The highest BCUT2D eigenvalue weighted by molar-refractivity contribution is 9.10. The van der Waals surface area contributed by atoms with Crippen LogP contribution < -0.4 is 5.32 Å². The van der Waals surface area contributed by atoms with Crippen LogP contribution in [0.3, 0.4) is 0 Å². The summed E-state index contributed by atoms with van der Waals surface area (Å²) in [5, 5.41) is 3.38. The number of nitrogens with zero attached hydrogens (tertiary/aromatic N) is 2. The number of halogens is 1. The largest absolute Gasteiger partial charge is 0.326 e. The van der Waals surface area contributed by atoms with Gasteiger partial charge in [-0.15, -0.1) is 0 Å². The molecule has 1 aliphatic rings. The maximum atomic E-state index is 4.42. The molecule has 0 aliphatic carbocycles. The number of benzene rings is 1. The van der Waals surface area contributed by atoms with E-state index in [1.165, 1.54) is 11.9 Å². The van der Waals surface area contributed by atoms with Gasteiger partial charge in [0.15, 0.2) is 0 Å². The number of fused-ring (bicyclic) bond motifs is 1. The molecule has 1 aliphatic heterocycles. The Balaban J connectivity index is 2.13. The lowest BCUT2D eigenvalue weighted by Gasteiger charge is -2.11. The van der Waals surface area contributed by atoms with Crippen LogP contribution in [0.5, 0.6) is 0 Å². The average molecular weight is 266 g/mol. The summed E-state index contributed by atoms with van der Waals surface area (Å²) >= 11 is 3.50. The molecule has 1 unspecified atom stereocenters. The number of imidazole rings is 1. The van der Waals surface area contributed by atoms with Gasteiger partial charge in [0.05, 0.1) is 17.4 Å². The molecule has 0 amide bonds. The number of nitrogens with one attached hydrogen (secondary N) is 1. The number of hydrogen-bond acceptors (Lipinski definition) is 2. The minimum atomic E-state index is 0.560. The molecule has 0 radical (unpaired) electrons. The number of aromatic nitrogens is 2. The van der Waals surface area contributed by atoms with E-state index in [2.05, 4.69) is 42.9 Å². The van der Waals surface area contributed by atoms with E-state index in [-0.39, 0.29) is 0 Å². The van der Waals surface area contributed by atoms with Gasteiger partial charge < -0.3 is 9.88 Å². The summed E-state index contributed by atoms with van der Waals surface area (Å²) in [6.07, 6.45) is 3.15. The predicted molar refractivity (Wildman–Crippen MR) is 64.0 cm³/mol. The van der Waals surface area contributed by atoms with Crippen molar-refractivity contribution in [1.82, 2.24) is 14.9 Å². The predicted octanol–water partition coefficient (Wildman–Crippen LogP) is 2.33. The molecular weight excluding hydrogens is 254 g/mol. The van der Waals surface area contributed by atoms with Gasteiger partial charge in [0, 0.05) is 17.1 Å². The fourth-order valence-electron chi connectivity index (χ4n) is 2.17. The highest BCUT2D eigenvalue weighted by Crippen LogP contribution is 2.24. The molecule has 1 aromatic carbocycles. The molecule has 1 aromatic heterocycles. The van der Waals surface area contributed by atoms with E-state index >= 15 is 0 Å². The first kappa shape index (κ1) is 9.36. The second kappa shape index (κ2) is 3.61. The summed E-state index contributed by atoms with van der Waals surface area (Å²) in [7, 11) is 0. The van der Waals surface area contributed by atoms with Crippen molar-refractivity contribution in [2.45, 2.75) is 12.5 Å². The lowest BCUT2D eigenvalue weighted by atomic mass is 10.2. The Kier molecular flexibility index (Phi) is 2.25. The summed E-state index contributed by atoms with van der Waals surface area (Å²) in [6, 6.07) is 6.79. The van der Waals surface area contributed by atoms with Crippen LogP contribution >= 0.6 is 15.9 Å². The van der Waals surface area contributed by atoms with Gasteiger partial charge in [-0.05, 0) is 31.2 Å². The first-order valence-corrected chi connectivity index (χ1v) is 5.97. The van der Waals surface area contributed by atoms with Gasteiger partial charge in [-0.2, -0.15) is 0 Å². The van der Waals surface area contributed by atoms with E-state index < -0.39 is 0 Å². The van der Waals surface area contributed by atoms with Gasteiger partial charge in [-0.1, -0.05) is 15.9 Å². The minimum Gasteiger partial charge on any atom is -0.326 e. The Bertz CT molecular complexity index is 486. The van der Waals surface area contributed by atoms with Crippen molar-refractivity contribution in [2.75, 3.05) is 13.1 Å². The van der Waals surface area contributed by atoms with Crippen LogP contribution in [0.2, 0.25) is 0 Å². The summed E-state index contributed by atoms with van der Waals surface area (Å²) < 4.78 is 3.39. The van der Waals surface area contributed by atoms with Crippen LogP contribution in [0.1, 0.15) is 12.5 Å². The summed E-state index contributed by atoms with van der Waals surface area (Å²) in [4.78, 5) is 4.42. The van der Waals surface area contributed by atoms with Gasteiger partial charge in [0.2, 0.25) is 0 Å². The molecule has 1 saturated heterocycles. The zero-order valence-corrected chi connectivity index (χ0v) is 9.87. The van der Waals surface area contributed by atoms with Crippen molar-refractivity contribution < 1.29 is 0 Å². The van der Waals surface area contributed by atoms with Crippen molar-refractivity contribution in [3.63, 3.8) is 0 Å². The third-order valence-corrected chi connectivity index (χ3v) is 3.46. The highest BCUT2D eigenvalue weighted by Gasteiger charge is 2.17. The molecule has 0 bridgehead atoms. The molecule has 1 fully saturated rings. The zero-order valence-electron chi connectivity index (χ0n) is 8.28. The number of rotatable bonds is 1. The Morgan fingerprint density at radius 2 is 2.40 bits per heavy atom. The van der Waals surface area contributed by atoms with Gasteiger partial charge in [-0.3, -0.25) is 0 Å². The molecule has 2 heterocycles. The van der Waals surface area contributed by atoms with E-state index in [9.17, 15) is 0 Å². The quantitative estimate of drug-likeness (QED) is 0.858. The third-order valence-electron chi connectivity index (χ3n) is 2.96. The van der Waals surface area contributed by atoms with E-state index in [4.69, 9.17) is 0 Å². The van der Waals surface area contributed by atoms with E-state index in [0.717, 1.165) is 23.1 Å². The molecule has 0 spiro atoms. The second-order valence-electron chi connectivity index (χ2n) is 3.93.